The van der Waals surface area contributed by atoms with E-state index in [1.807, 2.05) is 24.3 Å². The summed E-state index contributed by atoms with van der Waals surface area (Å²) in [4.78, 5) is 0. The number of benzene rings is 4. The van der Waals surface area contributed by atoms with Crippen molar-refractivity contribution in [3.63, 3.8) is 0 Å². The van der Waals surface area contributed by atoms with Crippen LogP contribution >= 0.6 is 0 Å². The smallest absolute Gasteiger partial charge is 0.117 e. The molecule has 2 nitrogen and oxygen atoms in total. The van der Waals surface area contributed by atoms with Gasteiger partial charge in [0.15, 0.2) is 0 Å². The van der Waals surface area contributed by atoms with Crippen molar-refractivity contribution in [1.82, 2.24) is 0 Å². The van der Waals surface area contributed by atoms with Gasteiger partial charge in [-0.25, -0.2) is 0 Å². The highest BCUT2D eigenvalue weighted by Crippen LogP contribution is 2.26. The SMILES string of the molecule is [B]c1c(Nc2ccc(C(C)(C)C)cc2)c([B])c2c([B])c([B])c(Nc3ccc(C(C)(C)C)cc3)c([B])c2c1[B]. The van der Waals surface area contributed by atoms with Crippen LogP contribution in [-0.4, -0.2) is 47.1 Å². The first kappa shape index (κ1) is 28.1. The van der Waals surface area contributed by atoms with E-state index in [1.54, 1.807) is 0 Å². The van der Waals surface area contributed by atoms with Crippen molar-refractivity contribution < 1.29 is 0 Å². The average Bonchev–Trinajstić information content (AvgIpc) is 2.84. The zero-order valence-corrected chi connectivity index (χ0v) is 23.1. The van der Waals surface area contributed by atoms with Crippen molar-refractivity contribution in [1.29, 1.82) is 0 Å². The molecule has 4 aromatic rings. The summed E-state index contributed by atoms with van der Waals surface area (Å²) in [6.45, 7) is 13.0. The third kappa shape index (κ3) is 5.20. The van der Waals surface area contributed by atoms with Crippen molar-refractivity contribution in [2.45, 2.75) is 52.4 Å². The molecule has 0 aliphatic rings. The lowest BCUT2D eigenvalue weighted by Gasteiger charge is -2.27. The first-order chi connectivity index (χ1) is 17.6. The Balaban J connectivity index is 1.80. The van der Waals surface area contributed by atoms with Crippen LogP contribution in [0.25, 0.3) is 10.8 Å². The van der Waals surface area contributed by atoms with Crippen LogP contribution in [0.5, 0.6) is 0 Å². The van der Waals surface area contributed by atoms with Gasteiger partial charge in [-0.3, -0.25) is 0 Å². The van der Waals surface area contributed by atoms with E-state index in [0.29, 0.717) is 33.1 Å². The summed E-state index contributed by atoms with van der Waals surface area (Å²) in [6, 6.07) is 16.2. The molecule has 38 heavy (non-hydrogen) atoms. The number of fused-ring (bicyclic) bond motifs is 1. The van der Waals surface area contributed by atoms with Gasteiger partial charge in [0.25, 0.3) is 0 Å². The average molecular weight is 481 g/mol. The third-order valence-corrected chi connectivity index (χ3v) is 7.03. The van der Waals surface area contributed by atoms with Crippen LogP contribution in [0.15, 0.2) is 48.5 Å². The molecule has 0 amide bonds. The normalized spacial score (nSPS) is 12.1. The molecule has 0 unspecified atom stereocenters. The molecule has 4 rings (SSSR count). The topological polar surface area (TPSA) is 24.1 Å². The maximum Gasteiger partial charge on any atom is 0.117 e. The van der Waals surface area contributed by atoms with Crippen LogP contribution in [0.3, 0.4) is 0 Å². The Labute approximate surface area is 235 Å². The lowest BCUT2D eigenvalue weighted by atomic mass is 9.63. The number of hydrogen-bond acceptors (Lipinski definition) is 2. The Kier molecular flexibility index (Phi) is 7.42. The van der Waals surface area contributed by atoms with Gasteiger partial charge < -0.3 is 10.6 Å². The molecule has 0 aliphatic heterocycles. The Morgan fingerprint density at radius 2 is 0.711 bits per heavy atom. The van der Waals surface area contributed by atoms with E-state index in [0.717, 1.165) is 11.4 Å². The molecule has 0 aromatic heterocycles. The fourth-order valence-corrected chi connectivity index (χ4v) is 4.57. The monoisotopic (exact) mass is 482 g/mol. The fraction of sp³-hybridized carbons (Fsp3) is 0.267. The summed E-state index contributed by atoms with van der Waals surface area (Å²) in [7, 11) is 39.3. The molecular formula is C30H28B6N2. The first-order valence-electron chi connectivity index (χ1n) is 12.6. The van der Waals surface area contributed by atoms with Gasteiger partial charge in [0.2, 0.25) is 0 Å². The molecule has 8 heteroatoms. The molecule has 4 aromatic carbocycles. The minimum absolute atomic E-state index is 0.0356. The van der Waals surface area contributed by atoms with E-state index in [4.69, 9.17) is 47.1 Å². The Bertz CT molecular complexity index is 1400. The molecular weight excluding hydrogens is 453 g/mol. The summed E-state index contributed by atoms with van der Waals surface area (Å²) >= 11 is 0. The van der Waals surface area contributed by atoms with Crippen LogP contribution < -0.4 is 43.4 Å². The number of hydrogen-bond donors (Lipinski definition) is 2. The van der Waals surface area contributed by atoms with Gasteiger partial charge >= 0.3 is 0 Å². The van der Waals surface area contributed by atoms with Crippen molar-refractivity contribution in [3.8, 4) is 0 Å². The minimum atomic E-state index is 0.0356. The van der Waals surface area contributed by atoms with Crippen LogP contribution in [0.2, 0.25) is 0 Å². The zero-order valence-electron chi connectivity index (χ0n) is 23.1. The molecule has 0 spiro atoms. The number of rotatable bonds is 4. The molecule has 0 saturated carbocycles. The Morgan fingerprint density at radius 1 is 0.421 bits per heavy atom. The van der Waals surface area contributed by atoms with Crippen molar-refractivity contribution >= 4 is 113 Å². The first-order valence-corrected chi connectivity index (χ1v) is 12.6. The lowest BCUT2D eigenvalue weighted by molar-refractivity contribution is 0.590. The summed E-state index contributed by atoms with van der Waals surface area (Å²) in [6.07, 6.45) is 0. The summed E-state index contributed by atoms with van der Waals surface area (Å²) in [5.74, 6) is 0. The molecule has 176 valence electrons. The van der Waals surface area contributed by atoms with E-state index < -0.39 is 0 Å². The molecule has 0 aliphatic carbocycles. The van der Waals surface area contributed by atoms with E-state index in [2.05, 4.69) is 76.4 Å². The molecule has 0 atom stereocenters. The highest BCUT2D eigenvalue weighted by Gasteiger charge is 2.19. The fourth-order valence-electron chi connectivity index (χ4n) is 4.57. The van der Waals surface area contributed by atoms with Crippen molar-refractivity contribution in [2.24, 2.45) is 0 Å². The van der Waals surface area contributed by atoms with Gasteiger partial charge in [0.1, 0.15) is 47.1 Å². The third-order valence-electron chi connectivity index (χ3n) is 7.03. The standard InChI is InChI=1S/C30H28B6N2/c1-29(2,3)15-7-11-17(12-8-15)37-27-23(33)19-20(21(31)25(27)35)24(34)28(26(36)22(19)32)38-18-13-9-16(10-14-18)30(4,5)6/h7-14,37-38H,1-6H3. The largest absolute Gasteiger partial charge is 0.356 e. The van der Waals surface area contributed by atoms with Gasteiger partial charge in [-0.15, -0.1) is 0 Å². The summed E-state index contributed by atoms with van der Waals surface area (Å²) in [5, 5.41) is 7.55. The van der Waals surface area contributed by atoms with Crippen LogP contribution in [0.1, 0.15) is 52.7 Å². The van der Waals surface area contributed by atoms with Gasteiger partial charge in [0, 0.05) is 22.7 Å². The van der Waals surface area contributed by atoms with Crippen LogP contribution in [0, 0.1) is 0 Å². The van der Waals surface area contributed by atoms with E-state index in [1.165, 1.54) is 11.1 Å². The predicted molar refractivity (Wildman–Crippen MR) is 173 cm³/mol. The highest BCUT2D eigenvalue weighted by molar-refractivity contribution is 6.68. The Hall–Kier alpha value is -2.87. The molecule has 2 N–H and O–H groups in total. The quantitative estimate of drug-likeness (QED) is 0.434. The maximum atomic E-state index is 6.62. The zero-order chi connectivity index (χ0) is 28.2. The second-order valence-electron chi connectivity index (χ2n) is 11.9. The molecule has 0 bridgehead atoms. The highest BCUT2D eigenvalue weighted by atomic mass is 14.9. The maximum absolute atomic E-state index is 6.62. The lowest BCUT2D eigenvalue weighted by Crippen LogP contribution is -2.44. The van der Waals surface area contributed by atoms with E-state index >= 15 is 0 Å². The molecule has 12 radical (unpaired) electrons. The summed E-state index contributed by atoms with van der Waals surface area (Å²) in [5.41, 5.74) is 6.80. The van der Waals surface area contributed by atoms with Gasteiger partial charge in [-0.05, 0) is 57.0 Å². The predicted octanol–water partition coefficient (Wildman–Crippen LogP) is 1.68. The molecule has 0 saturated heterocycles. The van der Waals surface area contributed by atoms with Gasteiger partial charge in [-0.2, -0.15) is 0 Å². The summed E-state index contributed by atoms with van der Waals surface area (Å²) < 4.78 is 0. The van der Waals surface area contributed by atoms with E-state index in [-0.39, 0.29) is 32.7 Å². The number of nitrogens with one attached hydrogen (secondary N) is 2. The van der Waals surface area contributed by atoms with Gasteiger partial charge in [0.05, 0.1) is 0 Å². The van der Waals surface area contributed by atoms with Crippen LogP contribution in [-0.2, 0) is 10.8 Å². The van der Waals surface area contributed by atoms with Crippen molar-refractivity contribution in [3.05, 3.63) is 59.7 Å². The second kappa shape index (κ2) is 10.0. The van der Waals surface area contributed by atoms with Crippen LogP contribution in [0.4, 0.5) is 22.7 Å². The minimum Gasteiger partial charge on any atom is -0.356 e. The Morgan fingerprint density at radius 3 is 0.974 bits per heavy atom. The van der Waals surface area contributed by atoms with Gasteiger partial charge in [-0.1, -0.05) is 98.6 Å². The second-order valence-corrected chi connectivity index (χ2v) is 11.9. The van der Waals surface area contributed by atoms with E-state index in [9.17, 15) is 0 Å². The van der Waals surface area contributed by atoms with Crippen molar-refractivity contribution in [2.75, 3.05) is 10.6 Å². The molecule has 0 heterocycles. The number of anilines is 4. The molecule has 0 fully saturated rings.